The fourth-order valence-electron chi connectivity index (χ4n) is 2.73. The minimum atomic E-state index is 0.470. The van der Waals surface area contributed by atoms with Crippen molar-refractivity contribution < 1.29 is 4.74 Å². The van der Waals surface area contributed by atoms with E-state index < -0.39 is 0 Å². The standard InChI is InChI=1S/C19H25N5OS/c20-18(23-24-21)8-3-11-25-16-7-1-4-14(12-16)9-10-19-22-17(13-26-19)15-5-2-6-15/h1,4,7,9-10,12-13,15,24H,2-3,5-6,8,11,21H2,(H2,20,23)/b10-9+. The minimum Gasteiger partial charge on any atom is -0.494 e. The molecule has 0 atom stereocenters. The number of aromatic nitrogens is 1. The molecule has 0 amide bonds. The van der Waals surface area contributed by atoms with Gasteiger partial charge in [-0.15, -0.1) is 11.3 Å². The summed E-state index contributed by atoms with van der Waals surface area (Å²) >= 11 is 1.71. The fraction of sp³-hybridized carbons (Fsp3) is 0.368. The fourth-order valence-corrected chi connectivity index (χ4v) is 3.52. The Balaban J connectivity index is 1.50. The summed E-state index contributed by atoms with van der Waals surface area (Å²) in [5.74, 6) is 7.08. The predicted octanol–water partition coefficient (Wildman–Crippen LogP) is 3.48. The molecule has 1 aromatic carbocycles. The summed E-state index contributed by atoms with van der Waals surface area (Å²) in [5.41, 5.74) is 10.2. The number of hydrogen-bond acceptors (Lipinski definition) is 6. The van der Waals surface area contributed by atoms with Gasteiger partial charge in [-0.25, -0.2) is 16.4 Å². The Labute approximate surface area is 157 Å². The molecule has 138 valence electrons. The molecule has 7 heteroatoms. The summed E-state index contributed by atoms with van der Waals surface area (Å²) in [4.78, 5) is 4.73. The van der Waals surface area contributed by atoms with Crippen molar-refractivity contribution in [2.75, 3.05) is 6.61 Å². The van der Waals surface area contributed by atoms with Crippen LogP contribution in [-0.4, -0.2) is 17.4 Å². The molecule has 1 aromatic heterocycles. The first-order valence-electron chi connectivity index (χ1n) is 8.88. The van der Waals surface area contributed by atoms with Crippen molar-refractivity contribution in [2.24, 2.45) is 16.7 Å². The molecule has 1 heterocycles. The van der Waals surface area contributed by atoms with E-state index in [2.05, 4.69) is 34.2 Å². The van der Waals surface area contributed by atoms with E-state index in [0.717, 1.165) is 22.7 Å². The zero-order chi connectivity index (χ0) is 18.2. The summed E-state index contributed by atoms with van der Waals surface area (Å²) < 4.78 is 5.78. The smallest absolute Gasteiger partial charge is 0.121 e. The van der Waals surface area contributed by atoms with Crippen molar-refractivity contribution in [1.82, 2.24) is 10.5 Å². The molecule has 0 aliphatic heterocycles. The summed E-state index contributed by atoms with van der Waals surface area (Å²) in [7, 11) is 0. The van der Waals surface area contributed by atoms with E-state index in [1.807, 2.05) is 18.2 Å². The van der Waals surface area contributed by atoms with E-state index in [1.165, 1.54) is 25.0 Å². The van der Waals surface area contributed by atoms with E-state index in [1.54, 1.807) is 11.3 Å². The van der Waals surface area contributed by atoms with Crippen LogP contribution in [0.15, 0.2) is 34.7 Å². The second-order valence-electron chi connectivity index (χ2n) is 6.33. The topological polar surface area (TPSA) is 98.5 Å². The first kappa shape index (κ1) is 18.4. The number of amidine groups is 1. The third-order valence-corrected chi connectivity index (χ3v) is 5.22. The average molecular weight is 372 g/mol. The van der Waals surface area contributed by atoms with Crippen LogP contribution in [0.2, 0.25) is 0 Å². The molecular formula is C19H25N5OS. The van der Waals surface area contributed by atoms with Gasteiger partial charge in [0.25, 0.3) is 0 Å². The third kappa shape index (κ3) is 5.31. The number of nitrogens with one attached hydrogen (secondary N) is 1. The first-order valence-corrected chi connectivity index (χ1v) is 9.76. The zero-order valence-electron chi connectivity index (χ0n) is 14.7. The van der Waals surface area contributed by atoms with Crippen LogP contribution in [0.3, 0.4) is 0 Å². The number of benzene rings is 1. The molecule has 6 nitrogen and oxygen atoms in total. The van der Waals surface area contributed by atoms with Crippen molar-refractivity contribution in [1.29, 1.82) is 0 Å². The van der Waals surface area contributed by atoms with E-state index in [0.29, 0.717) is 24.8 Å². The molecule has 0 spiro atoms. The molecule has 1 saturated carbocycles. The van der Waals surface area contributed by atoms with Crippen LogP contribution in [0.5, 0.6) is 5.75 Å². The second kappa shape index (κ2) is 9.35. The van der Waals surface area contributed by atoms with E-state index in [-0.39, 0.29) is 0 Å². The van der Waals surface area contributed by atoms with Crippen LogP contribution in [0, 0.1) is 0 Å². The number of thiazole rings is 1. The Hall–Kier alpha value is -2.38. The quantitative estimate of drug-likeness (QED) is 0.206. The molecule has 0 saturated heterocycles. The Morgan fingerprint density at radius 3 is 3.04 bits per heavy atom. The normalized spacial score (nSPS) is 15.2. The van der Waals surface area contributed by atoms with Crippen molar-refractivity contribution in [3.63, 3.8) is 0 Å². The van der Waals surface area contributed by atoms with Crippen molar-refractivity contribution in [2.45, 2.75) is 38.0 Å². The summed E-state index contributed by atoms with van der Waals surface area (Å²) in [6, 6.07) is 8.02. The Morgan fingerprint density at radius 1 is 1.38 bits per heavy atom. The number of hydrazone groups is 1. The van der Waals surface area contributed by atoms with Gasteiger partial charge in [0.05, 0.1) is 12.3 Å². The summed E-state index contributed by atoms with van der Waals surface area (Å²) in [6.45, 7) is 0.575. The van der Waals surface area contributed by atoms with Crippen LogP contribution >= 0.6 is 11.3 Å². The molecule has 2 aromatic rings. The molecule has 1 aliphatic carbocycles. The minimum absolute atomic E-state index is 0.470. The summed E-state index contributed by atoms with van der Waals surface area (Å²) in [5, 5.41) is 6.96. The Bertz CT molecular complexity index is 767. The number of rotatable bonds is 9. The third-order valence-electron chi connectivity index (χ3n) is 4.39. The molecule has 5 N–H and O–H groups in total. The van der Waals surface area contributed by atoms with Crippen LogP contribution in [0.4, 0.5) is 0 Å². The number of ether oxygens (including phenoxy) is 1. The maximum Gasteiger partial charge on any atom is 0.121 e. The number of nitrogens with two attached hydrogens (primary N) is 2. The van der Waals surface area contributed by atoms with Crippen molar-refractivity contribution in [3.8, 4) is 5.75 Å². The molecule has 0 bridgehead atoms. The van der Waals surface area contributed by atoms with Gasteiger partial charge < -0.3 is 10.5 Å². The van der Waals surface area contributed by atoms with Crippen molar-refractivity contribution >= 4 is 29.3 Å². The van der Waals surface area contributed by atoms with Gasteiger partial charge in [0.1, 0.15) is 16.6 Å². The molecule has 0 unspecified atom stereocenters. The number of hydrazine groups is 1. The Morgan fingerprint density at radius 2 is 2.27 bits per heavy atom. The van der Waals surface area contributed by atoms with Gasteiger partial charge in [-0.3, -0.25) is 0 Å². The van der Waals surface area contributed by atoms with Gasteiger partial charge in [-0.05, 0) is 43.0 Å². The average Bonchev–Trinajstić information content (AvgIpc) is 3.04. The van der Waals surface area contributed by atoms with E-state index >= 15 is 0 Å². The monoisotopic (exact) mass is 371 g/mol. The highest BCUT2D eigenvalue weighted by Crippen LogP contribution is 2.36. The van der Waals surface area contributed by atoms with Gasteiger partial charge in [0, 0.05) is 17.7 Å². The van der Waals surface area contributed by atoms with Gasteiger partial charge >= 0.3 is 0 Å². The SMILES string of the molecule is NN/N=C(\N)CCCOc1cccc(/C=C/c2nc(C3CCC3)cs2)c1. The van der Waals surface area contributed by atoms with Crippen LogP contribution in [0.1, 0.15) is 54.3 Å². The lowest BCUT2D eigenvalue weighted by Crippen LogP contribution is -2.22. The second-order valence-corrected chi connectivity index (χ2v) is 7.22. The van der Waals surface area contributed by atoms with Gasteiger partial charge in [-0.1, -0.05) is 24.6 Å². The van der Waals surface area contributed by atoms with E-state index in [4.69, 9.17) is 21.3 Å². The molecule has 0 radical (unpaired) electrons. The van der Waals surface area contributed by atoms with E-state index in [9.17, 15) is 0 Å². The highest BCUT2D eigenvalue weighted by atomic mass is 32.1. The lowest BCUT2D eigenvalue weighted by Gasteiger charge is -2.22. The zero-order valence-corrected chi connectivity index (χ0v) is 15.5. The van der Waals surface area contributed by atoms with Gasteiger partial charge in [0.2, 0.25) is 0 Å². The number of hydrogen-bond donors (Lipinski definition) is 3. The van der Waals surface area contributed by atoms with Gasteiger partial charge in [-0.2, -0.15) is 5.10 Å². The maximum absolute atomic E-state index is 5.78. The van der Waals surface area contributed by atoms with Crippen LogP contribution in [-0.2, 0) is 0 Å². The lowest BCUT2D eigenvalue weighted by molar-refractivity contribution is 0.313. The predicted molar refractivity (Wildman–Crippen MR) is 108 cm³/mol. The largest absolute Gasteiger partial charge is 0.494 e. The number of nitrogens with zero attached hydrogens (tertiary/aromatic N) is 2. The Kier molecular flexibility index (Phi) is 6.62. The van der Waals surface area contributed by atoms with Crippen molar-refractivity contribution in [3.05, 3.63) is 45.9 Å². The van der Waals surface area contributed by atoms with Crippen LogP contribution in [0.25, 0.3) is 12.2 Å². The maximum atomic E-state index is 5.78. The molecule has 3 rings (SSSR count). The molecular weight excluding hydrogens is 346 g/mol. The van der Waals surface area contributed by atoms with Crippen LogP contribution < -0.4 is 21.8 Å². The van der Waals surface area contributed by atoms with Gasteiger partial charge in [0.15, 0.2) is 0 Å². The molecule has 1 aliphatic rings. The summed E-state index contributed by atoms with van der Waals surface area (Å²) in [6.07, 6.45) is 9.47. The highest BCUT2D eigenvalue weighted by molar-refractivity contribution is 7.10. The first-order chi connectivity index (χ1) is 12.7. The molecule has 26 heavy (non-hydrogen) atoms. The molecule has 1 fully saturated rings. The lowest BCUT2D eigenvalue weighted by atomic mass is 9.83. The highest BCUT2D eigenvalue weighted by Gasteiger charge is 2.21.